The van der Waals surface area contributed by atoms with Crippen LogP contribution >= 0.6 is 0 Å². The smallest absolute Gasteiger partial charge is 0.280 e. The third-order valence-electron chi connectivity index (χ3n) is 4.29. The minimum absolute atomic E-state index is 0.127. The molecule has 0 aliphatic carbocycles. The Morgan fingerprint density at radius 3 is 2.44 bits per heavy atom. The molecular weight excluding hydrogens is 312 g/mol. The Kier molecular flexibility index (Phi) is 4.93. The second-order valence-electron chi connectivity index (χ2n) is 5.84. The van der Waals surface area contributed by atoms with Crippen molar-refractivity contribution in [3.63, 3.8) is 0 Å². The minimum Gasteiger partial charge on any atom is -0.372 e. The molecule has 0 spiro atoms. The lowest BCUT2D eigenvalue weighted by atomic mass is 10.1. The summed E-state index contributed by atoms with van der Waals surface area (Å²) < 4.78 is 0. The third-order valence-corrected chi connectivity index (χ3v) is 4.29. The number of amides is 1. The summed E-state index contributed by atoms with van der Waals surface area (Å²) in [6, 6.07) is 11.9. The Morgan fingerprint density at radius 1 is 1.12 bits per heavy atom. The molecule has 1 aliphatic rings. The summed E-state index contributed by atoms with van der Waals surface area (Å²) in [5.74, 6) is -0.127. The summed E-state index contributed by atoms with van der Waals surface area (Å²) in [6.45, 7) is 8.08. The van der Waals surface area contributed by atoms with E-state index in [4.69, 9.17) is 0 Å². The van der Waals surface area contributed by atoms with Gasteiger partial charge in [0.05, 0.1) is 23.2 Å². The quantitative estimate of drug-likeness (QED) is 0.783. The van der Waals surface area contributed by atoms with Gasteiger partial charge in [-0.05, 0) is 56.7 Å². The van der Waals surface area contributed by atoms with E-state index in [9.17, 15) is 4.79 Å². The summed E-state index contributed by atoms with van der Waals surface area (Å²) in [5.41, 5.74) is 4.17. The molecule has 0 atom stereocenters. The molecule has 1 aromatic carbocycles. The molecule has 25 heavy (non-hydrogen) atoms. The van der Waals surface area contributed by atoms with Gasteiger partial charge in [0.25, 0.3) is 5.91 Å². The van der Waals surface area contributed by atoms with Gasteiger partial charge in [-0.25, -0.2) is 0 Å². The lowest BCUT2D eigenvalue weighted by Gasteiger charge is -2.20. The molecule has 2 heterocycles. The molecule has 5 heteroatoms. The highest BCUT2D eigenvalue weighted by Gasteiger charge is 2.28. The first kappa shape index (κ1) is 16.9. The lowest BCUT2D eigenvalue weighted by molar-refractivity contribution is -0.114. The van der Waals surface area contributed by atoms with Crippen LogP contribution in [0.25, 0.3) is 6.08 Å². The second-order valence-corrected chi connectivity index (χ2v) is 5.84. The first-order valence-corrected chi connectivity index (χ1v) is 8.50. The Bertz CT molecular complexity index is 805. The monoisotopic (exact) mass is 334 g/mol. The van der Waals surface area contributed by atoms with Crippen molar-refractivity contribution in [2.45, 2.75) is 20.8 Å². The average Bonchev–Trinajstić information content (AvgIpc) is 2.93. The van der Waals surface area contributed by atoms with E-state index in [1.807, 2.05) is 31.2 Å². The SMILES string of the molecule is CCN(CC)c1ccc(/C=C2\C(=O)N(c3cccnc3)N=C2C)cc1. The number of carbonyl (C=O) groups excluding carboxylic acids is 1. The first-order valence-electron chi connectivity index (χ1n) is 8.50. The maximum absolute atomic E-state index is 12.7. The van der Waals surface area contributed by atoms with E-state index in [0.29, 0.717) is 17.0 Å². The third kappa shape index (κ3) is 3.45. The van der Waals surface area contributed by atoms with Crippen molar-refractivity contribution in [1.82, 2.24) is 4.98 Å². The zero-order valence-electron chi connectivity index (χ0n) is 14.8. The molecule has 0 bridgehead atoms. The number of hydrazone groups is 1. The Labute approximate surface area is 148 Å². The van der Waals surface area contributed by atoms with Gasteiger partial charge in [-0.3, -0.25) is 9.78 Å². The number of hydrogen-bond donors (Lipinski definition) is 0. The summed E-state index contributed by atoms with van der Waals surface area (Å²) in [4.78, 5) is 19.0. The molecule has 1 aliphatic heterocycles. The van der Waals surface area contributed by atoms with Gasteiger partial charge >= 0.3 is 0 Å². The van der Waals surface area contributed by atoms with E-state index in [1.165, 1.54) is 10.7 Å². The van der Waals surface area contributed by atoms with Crippen molar-refractivity contribution in [1.29, 1.82) is 0 Å². The molecule has 1 aromatic heterocycles. The molecular formula is C20H22N4O. The number of nitrogens with zero attached hydrogens (tertiary/aromatic N) is 4. The van der Waals surface area contributed by atoms with Gasteiger partial charge in [0.2, 0.25) is 0 Å². The van der Waals surface area contributed by atoms with Gasteiger partial charge in [-0.2, -0.15) is 10.1 Å². The zero-order chi connectivity index (χ0) is 17.8. The fraction of sp³-hybridized carbons (Fsp3) is 0.250. The predicted octanol–water partition coefficient (Wildman–Crippen LogP) is 3.73. The van der Waals surface area contributed by atoms with Crippen molar-refractivity contribution in [3.05, 3.63) is 59.9 Å². The largest absolute Gasteiger partial charge is 0.372 e. The molecule has 0 N–H and O–H groups in total. The van der Waals surface area contributed by atoms with Crippen LogP contribution in [0, 0.1) is 0 Å². The highest BCUT2D eigenvalue weighted by molar-refractivity contribution is 6.32. The normalized spacial score (nSPS) is 15.6. The van der Waals surface area contributed by atoms with Gasteiger partial charge in [0, 0.05) is 25.0 Å². The van der Waals surface area contributed by atoms with Crippen molar-refractivity contribution < 1.29 is 4.79 Å². The number of aromatic nitrogens is 1. The van der Waals surface area contributed by atoms with E-state index in [0.717, 1.165) is 18.7 Å². The van der Waals surface area contributed by atoms with Crippen LogP contribution in [0.15, 0.2) is 59.5 Å². The molecule has 0 unspecified atom stereocenters. The van der Waals surface area contributed by atoms with Crippen LogP contribution in [0.5, 0.6) is 0 Å². The van der Waals surface area contributed by atoms with Gasteiger partial charge in [0.15, 0.2) is 0 Å². The van der Waals surface area contributed by atoms with Crippen LogP contribution < -0.4 is 9.91 Å². The number of pyridine rings is 1. The highest BCUT2D eigenvalue weighted by Crippen LogP contribution is 2.24. The van der Waals surface area contributed by atoms with Crippen LogP contribution in [0.3, 0.4) is 0 Å². The molecule has 3 rings (SSSR count). The van der Waals surface area contributed by atoms with Crippen LogP contribution in [0.4, 0.5) is 11.4 Å². The summed E-state index contributed by atoms with van der Waals surface area (Å²) in [7, 11) is 0. The molecule has 0 saturated carbocycles. The van der Waals surface area contributed by atoms with Crippen molar-refractivity contribution in [2.75, 3.05) is 23.0 Å². The maximum atomic E-state index is 12.7. The van der Waals surface area contributed by atoms with Gasteiger partial charge < -0.3 is 4.90 Å². The minimum atomic E-state index is -0.127. The molecule has 1 amide bonds. The summed E-state index contributed by atoms with van der Waals surface area (Å²) >= 11 is 0. The number of benzene rings is 1. The average molecular weight is 334 g/mol. The maximum Gasteiger partial charge on any atom is 0.280 e. The van der Waals surface area contributed by atoms with E-state index in [-0.39, 0.29) is 5.91 Å². The van der Waals surface area contributed by atoms with E-state index in [1.54, 1.807) is 18.5 Å². The first-order chi connectivity index (χ1) is 12.1. The molecule has 128 valence electrons. The van der Waals surface area contributed by atoms with Crippen LogP contribution in [-0.2, 0) is 4.79 Å². The van der Waals surface area contributed by atoms with Crippen LogP contribution in [0.1, 0.15) is 26.3 Å². The van der Waals surface area contributed by atoms with Crippen molar-refractivity contribution >= 4 is 29.1 Å². The summed E-state index contributed by atoms with van der Waals surface area (Å²) in [6.07, 6.45) is 5.20. The Morgan fingerprint density at radius 2 is 1.84 bits per heavy atom. The van der Waals surface area contributed by atoms with E-state index in [2.05, 4.69) is 41.0 Å². The van der Waals surface area contributed by atoms with Gasteiger partial charge in [-0.15, -0.1) is 0 Å². The predicted molar refractivity (Wildman–Crippen MR) is 103 cm³/mol. The number of hydrogen-bond acceptors (Lipinski definition) is 4. The topological polar surface area (TPSA) is 48.8 Å². The van der Waals surface area contributed by atoms with Gasteiger partial charge in [-0.1, -0.05) is 12.1 Å². The van der Waals surface area contributed by atoms with Crippen LogP contribution in [0.2, 0.25) is 0 Å². The molecule has 0 radical (unpaired) electrons. The summed E-state index contributed by atoms with van der Waals surface area (Å²) in [5, 5.41) is 5.77. The molecule has 2 aromatic rings. The fourth-order valence-electron chi connectivity index (χ4n) is 2.88. The van der Waals surface area contributed by atoms with E-state index < -0.39 is 0 Å². The molecule has 5 nitrogen and oxygen atoms in total. The Balaban J connectivity index is 1.84. The second kappa shape index (κ2) is 7.30. The number of carbonyl (C=O) groups is 1. The molecule has 0 saturated heterocycles. The Hall–Kier alpha value is -2.95. The zero-order valence-corrected chi connectivity index (χ0v) is 14.8. The lowest BCUT2D eigenvalue weighted by Crippen LogP contribution is -2.21. The fourth-order valence-corrected chi connectivity index (χ4v) is 2.88. The number of anilines is 2. The number of rotatable bonds is 5. The highest BCUT2D eigenvalue weighted by atomic mass is 16.2. The molecule has 0 fully saturated rings. The van der Waals surface area contributed by atoms with Gasteiger partial charge in [0.1, 0.15) is 0 Å². The van der Waals surface area contributed by atoms with Crippen molar-refractivity contribution in [2.24, 2.45) is 5.10 Å². The van der Waals surface area contributed by atoms with Crippen LogP contribution in [-0.4, -0.2) is 29.7 Å². The standard InChI is InChI=1S/C20H22N4O/c1-4-23(5-2)17-10-8-16(9-11-17)13-19-15(3)22-24(20(19)25)18-7-6-12-21-14-18/h6-14H,4-5H2,1-3H3/b19-13-. The van der Waals surface area contributed by atoms with E-state index >= 15 is 0 Å². The van der Waals surface area contributed by atoms with Crippen molar-refractivity contribution in [3.8, 4) is 0 Å².